The molecule has 1 saturated heterocycles. The number of rotatable bonds is 5. The molecule has 0 aliphatic carbocycles. The fourth-order valence-corrected chi connectivity index (χ4v) is 3.46. The summed E-state index contributed by atoms with van der Waals surface area (Å²) in [6, 6.07) is 7.89. The van der Waals surface area contributed by atoms with Crippen LogP contribution in [0.15, 0.2) is 24.3 Å². The number of sulfonamides is 1. The lowest BCUT2D eigenvalue weighted by atomic mass is 10.1. The molecule has 0 saturated carbocycles. The Hall–Kier alpha value is -1.95. The first-order valence-corrected chi connectivity index (χ1v) is 8.73. The molecule has 1 aromatic rings. The molecule has 1 aliphatic rings. The zero-order valence-corrected chi connectivity index (χ0v) is 13.8. The highest BCUT2D eigenvalue weighted by Gasteiger charge is 2.34. The van der Waals surface area contributed by atoms with Crippen molar-refractivity contribution in [2.24, 2.45) is 5.92 Å². The number of nitrogens with zero attached hydrogens (tertiary/aromatic N) is 2. The molecule has 0 aromatic heterocycles. The zero-order valence-electron chi connectivity index (χ0n) is 13.0. The third-order valence-electron chi connectivity index (χ3n) is 3.77. The molecule has 0 spiro atoms. The monoisotopic (exact) mass is 337 g/mol. The van der Waals surface area contributed by atoms with Gasteiger partial charge in [-0.25, -0.2) is 12.7 Å². The maximum absolute atomic E-state index is 12.2. The number of hydrogen-bond donors (Lipinski definition) is 1. The van der Waals surface area contributed by atoms with Crippen LogP contribution in [0.2, 0.25) is 0 Å². The molecule has 1 amide bonds. The van der Waals surface area contributed by atoms with Gasteiger partial charge in [0.15, 0.2) is 0 Å². The molecule has 1 heterocycles. The van der Waals surface area contributed by atoms with E-state index in [9.17, 15) is 13.2 Å². The van der Waals surface area contributed by atoms with Crippen molar-refractivity contribution in [2.45, 2.75) is 6.04 Å². The lowest BCUT2D eigenvalue weighted by Crippen LogP contribution is -2.43. The van der Waals surface area contributed by atoms with Crippen molar-refractivity contribution < 1.29 is 17.9 Å². The van der Waals surface area contributed by atoms with Gasteiger partial charge in [0.05, 0.1) is 36.6 Å². The Balaban J connectivity index is 2.03. The molecule has 7 nitrogen and oxygen atoms in total. The molecular weight excluding hydrogens is 318 g/mol. The summed E-state index contributed by atoms with van der Waals surface area (Å²) in [6.07, 6.45) is 0. The Kier molecular flexibility index (Phi) is 5.36. The van der Waals surface area contributed by atoms with E-state index in [-0.39, 0.29) is 30.2 Å². The molecule has 23 heavy (non-hydrogen) atoms. The van der Waals surface area contributed by atoms with Crippen molar-refractivity contribution in [3.8, 4) is 6.07 Å². The number of carbonyl (C=O) groups excluding carboxylic acids is 1. The van der Waals surface area contributed by atoms with Crippen LogP contribution in [0.3, 0.4) is 0 Å². The number of ether oxygens (including phenoxy) is 1. The number of amides is 1. The van der Waals surface area contributed by atoms with Gasteiger partial charge in [-0.1, -0.05) is 0 Å². The van der Waals surface area contributed by atoms with Crippen molar-refractivity contribution in [1.82, 2.24) is 9.62 Å². The maximum atomic E-state index is 12.2. The van der Waals surface area contributed by atoms with Gasteiger partial charge in [0.1, 0.15) is 0 Å². The van der Waals surface area contributed by atoms with Gasteiger partial charge >= 0.3 is 0 Å². The smallest absolute Gasteiger partial charge is 0.251 e. The molecule has 0 bridgehead atoms. The Morgan fingerprint density at radius 3 is 2.57 bits per heavy atom. The van der Waals surface area contributed by atoms with Gasteiger partial charge in [-0.2, -0.15) is 5.26 Å². The standard InChI is InChI=1S/C15H19N3O4S/c1-18(2)23(20,21)10-13-8-22-9-14(13)17-15(19)12-5-3-11(7-16)4-6-12/h3-6,13-14H,8-10H2,1-2H3,(H,17,19)/t13-,14+/m0/s1. The van der Waals surface area contributed by atoms with E-state index < -0.39 is 10.0 Å². The van der Waals surface area contributed by atoms with Crippen LogP contribution in [-0.2, 0) is 14.8 Å². The molecule has 1 N–H and O–H groups in total. The van der Waals surface area contributed by atoms with Crippen molar-refractivity contribution >= 4 is 15.9 Å². The molecular formula is C15H19N3O4S. The highest BCUT2D eigenvalue weighted by molar-refractivity contribution is 7.89. The Morgan fingerprint density at radius 2 is 2.00 bits per heavy atom. The van der Waals surface area contributed by atoms with Gasteiger partial charge in [-0.15, -0.1) is 0 Å². The fourth-order valence-electron chi connectivity index (χ4n) is 2.29. The van der Waals surface area contributed by atoms with Gasteiger partial charge in [0.2, 0.25) is 10.0 Å². The topological polar surface area (TPSA) is 99.5 Å². The van der Waals surface area contributed by atoms with Crippen LogP contribution >= 0.6 is 0 Å². The van der Waals surface area contributed by atoms with Gasteiger partial charge in [-0.05, 0) is 24.3 Å². The SMILES string of the molecule is CN(C)S(=O)(=O)C[C@@H]1COC[C@H]1NC(=O)c1ccc(C#N)cc1. The maximum Gasteiger partial charge on any atom is 0.251 e. The van der Waals surface area contributed by atoms with E-state index in [0.29, 0.717) is 17.7 Å². The predicted molar refractivity (Wildman–Crippen MR) is 84.2 cm³/mol. The second kappa shape index (κ2) is 7.08. The normalized spacial score (nSPS) is 21.1. The van der Waals surface area contributed by atoms with E-state index in [0.717, 1.165) is 0 Å². The van der Waals surface area contributed by atoms with Crippen LogP contribution in [0, 0.1) is 17.2 Å². The van der Waals surface area contributed by atoms with Crippen LogP contribution in [0.4, 0.5) is 0 Å². The van der Waals surface area contributed by atoms with Crippen LogP contribution in [0.1, 0.15) is 15.9 Å². The Morgan fingerprint density at radius 1 is 1.35 bits per heavy atom. The summed E-state index contributed by atoms with van der Waals surface area (Å²) >= 11 is 0. The number of nitrogens with one attached hydrogen (secondary N) is 1. The minimum Gasteiger partial charge on any atom is -0.379 e. The van der Waals surface area contributed by atoms with Crippen LogP contribution in [0.25, 0.3) is 0 Å². The predicted octanol–water partition coefficient (Wildman–Crippen LogP) is 0.194. The molecule has 2 rings (SSSR count). The summed E-state index contributed by atoms with van der Waals surface area (Å²) in [5.41, 5.74) is 0.894. The van der Waals surface area contributed by atoms with E-state index in [4.69, 9.17) is 10.00 Å². The average Bonchev–Trinajstić information content (AvgIpc) is 2.93. The Bertz CT molecular complexity index is 707. The molecule has 1 aliphatic heterocycles. The second-order valence-corrected chi connectivity index (χ2v) is 7.86. The first kappa shape index (κ1) is 17.4. The van der Waals surface area contributed by atoms with Gasteiger partial charge in [0.25, 0.3) is 5.91 Å². The summed E-state index contributed by atoms with van der Waals surface area (Å²) in [4.78, 5) is 12.2. The van der Waals surface area contributed by atoms with E-state index >= 15 is 0 Å². The molecule has 1 fully saturated rings. The van der Waals surface area contributed by atoms with Crippen LogP contribution in [-0.4, -0.2) is 57.7 Å². The van der Waals surface area contributed by atoms with Crippen molar-refractivity contribution in [1.29, 1.82) is 5.26 Å². The van der Waals surface area contributed by atoms with Gasteiger partial charge in [-0.3, -0.25) is 4.79 Å². The van der Waals surface area contributed by atoms with Crippen LogP contribution in [0.5, 0.6) is 0 Å². The molecule has 0 unspecified atom stereocenters. The summed E-state index contributed by atoms with van der Waals surface area (Å²) in [7, 11) is -0.395. The lowest BCUT2D eigenvalue weighted by Gasteiger charge is -2.21. The summed E-state index contributed by atoms with van der Waals surface area (Å²) in [5.74, 6) is -0.667. The molecule has 124 valence electrons. The summed E-state index contributed by atoms with van der Waals surface area (Å²) in [5, 5.41) is 11.6. The molecule has 1 aromatic carbocycles. The lowest BCUT2D eigenvalue weighted by molar-refractivity contribution is 0.0926. The van der Waals surface area contributed by atoms with E-state index in [1.807, 2.05) is 6.07 Å². The highest BCUT2D eigenvalue weighted by atomic mass is 32.2. The molecule has 8 heteroatoms. The molecule has 2 atom stereocenters. The van der Waals surface area contributed by atoms with E-state index in [1.165, 1.54) is 18.4 Å². The highest BCUT2D eigenvalue weighted by Crippen LogP contribution is 2.18. The third kappa shape index (κ3) is 4.28. The van der Waals surface area contributed by atoms with Gasteiger partial charge in [0, 0.05) is 25.6 Å². The van der Waals surface area contributed by atoms with Crippen molar-refractivity contribution in [2.75, 3.05) is 33.1 Å². The molecule has 0 radical (unpaired) electrons. The average molecular weight is 337 g/mol. The van der Waals surface area contributed by atoms with Crippen LogP contribution < -0.4 is 5.32 Å². The first-order valence-electron chi connectivity index (χ1n) is 7.12. The van der Waals surface area contributed by atoms with Crippen molar-refractivity contribution in [3.05, 3.63) is 35.4 Å². The summed E-state index contributed by atoms with van der Waals surface area (Å²) < 4.78 is 30.5. The fraction of sp³-hybridized carbons (Fsp3) is 0.467. The second-order valence-electron chi connectivity index (χ2n) is 5.63. The van der Waals surface area contributed by atoms with Crippen molar-refractivity contribution in [3.63, 3.8) is 0 Å². The van der Waals surface area contributed by atoms with E-state index in [2.05, 4.69) is 5.32 Å². The number of carbonyl (C=O) groups is 1. The number of benzene rings is 1. The minimum absolute atomic E-state index is 0.0711. The zero-order chi connectivity index (χ0) is 17.0. The first-order chi connectivity index (χ1) is 10.8. The third-order valence-corrected chi connectivity index (χ3v) is 5.73. The largest absolute Gasteiger partial charge is 0.379 e. The Labute approximate surface area is 135 Å². The quantitative estimate of drug-likeness (QED) is 0.827. The number of hydrogen-bond acceptors (Lipinski definition) is 5. The summed E-state index contributed by atoms with van der Waals surface area (Å²) in [6.45, 7) is 0.584. The minimum atomic E-state index is -3.36. The van der Waals surface area contributed by atoms with E-state index in [1.54, 1.807) is 24.3 Å². The number of nitriles is 1. The van der Waals surface area contributed by atoms with Gasteiger partial charge < -0.3 is 10.1 Å².